The molecule has 0 saturated heterocycles. The van der Waals surface area contributed by atoms with Gasteiger partial charge in [0.15, 0.2) is 0 Å². The van der Waals surface area contributed by atoms with Crippen LogP contribution < -0.4 is 16.0 Å². The Labute approximate surface area is 152 Å². The van der Waals surface area contributed by atoms with E-state index >= 15 is 0 Å². The number of hydrogen-bond acceptors (Lipinski definition) is 3. The number of nitrogens with zero attached hydrogens (tertiary/aromatic N) is 2. The summed E-state index contributed by atoms with van der Waals surface area (Å²) in [6.45, 7) is 7.01. The number of halogens is 1. The van der Waals surface area contributed by atoms with Crippen LogP contribution in [0.25, 0.3) is 10.9 Å². The topological polar surface area (TPSA) is 65.6 Å². The van der Waals surface area contributed by atoms with Gasteiger partial charge in [0.25, 0.3) is 0 Å². The van der Waals surface area contributed by atoms with E-state index in [1.165, 1.54) is 4.57 Å². The summed E-state index contributed by atoms with van der Waals surface area (Å²) in [6, 6.07) is 1.78. The van der Waals surface area contributed by atoms with Crippen molar-refractivity contribution in [3.8, 4) is 0 Å². The summed E-state index contributed by atoms with van der Waals surface area (Å²) in [5.74, 6) is 0. The molecule has 0 aliphatic rings. The first kappa shape index (κ1) is 19.9. The van der Waals surface area contributed by atoms with Crippen LogP contribution in [0.2, 0.25) is 0 Å². The van der Waals surface area contributed by atoms with Gasteiger partial charge in [-0.3, -0.25) is 4.79 Å². The Hall–Kier alpha value is -0.159. The van der Waals surface area contributed by atoms with E-state index in [0.717, 1.165) is 10.8 Å². The second-order valence-electron chi connectivity index (χ2n) is 6.01. The zero-order valence-electron chi connectivity index (χ0n) is 13.2. The third-order valence-corrected chi connectivity index (χ3v) is 3.82. The molecule has 2 aromatic heterocycles. The van der Waals surface area contributed by atoms with Crippen LogP contribution in [0, 0.1) is 0 Å². The van der Waals surface area contributed by atoms with Crippen molar-refractivity contribution >= 4 is 43.5 Å². The van der Waals surface area contributed by atoms with Crippen LogP contribution in [-0.2, 0) is 26.8 Å². The molecule has 1 N–H and O–H groups in total. The van der Waals surface area contributed by atoms with Crippen molar-refractivity contribution < 1.29 is 24.8 Å². The van der Waals surface area contributed by atoms with Crippen LogP contribution in [0.5, 0.6) is 0 Å². The molecule has 0 aliphatic heterocycles. The summed E-state index contributed by atoms with van der Waals surface area (Å²) in [7, 11) is 3.25. The van der Waals surface area contributed by atoms with Crippen molar-refractivity contribution in [2.45, 2.75) is 38.9 Å². The first-order valence-electron chi connectivity index (χ1n) is 6.61. The molecule has 0 atom stereocenters. The van der Waals surface area contributed by atoms with E-state index in [0.29, 0.717) is 5.52 Å². The fourth-order valence-electron chi connectivity index (χ4n) is 1.69. The molecule has 0 amide bonds. The van der Waals surface area contributed by atoms with E-state index < -0.39 is 11.2 Å². The fourth-order valence-corrected chi connectivity index (χ4v) is 1.69. The second-order valence-corrected chi connectivity index (χ2v) is 6.01. The van der Waals surface area contributed by atoms with Gasteiger partial charge in [0.05, 0.1) is 11.2 Å². The maximum absolute atomic E-state index is 11.9. The number of aliphatic hydroxyl groups is 1. The van der Waals surface area contributed by atoms with Crippen molar-refractivity contribution in [3.63, 3.8) is 0 Å². The summed E-state index contributed by atoms with van der Waals surface area (Å²) < 4.78 is 7.21. The Morgan fingerprint density at radius 3 is 2.50 bits per heavy atom. The average molecular weight is 591 g/mol. The Morgan fingerprint density at radius 1 is 1.36 bits per heavy atom. The molecule has 1 radical (unpaired) electrons. The van der Waals surface area contributed by atoms with Gasteiger partial charge in [-0.25, -0.2) is 0 Å². The van der Waals surface area contributed by atoms with E-state index in [1.54, 1.807) is 46.8 Å². The van der Waals surface area contributed by atoms with Gasteiger partial charge >= 0.3 is 42.2 Å². The molecule has 2 heterocycles. The number of fused-ring (bicyclic) bond motifs is 1. The molecule has 0 fully saturated rings. The Balaban J connectivity index is 0.00000116. The second kappa shape index (κ2) is 7.61. The first-order chi connectivity index (χ1) is 10.1. The minimum absolute atomic E-state index is 0.135. The standard InChI is InChI=1S/C14H20BN2O3.HI.Os/c1-13(2,19)14(3,4)20-15-10-8-17(5)12(18)11-9(10)6-7-16-11;;/h6-8,19H,1-5H3,(H,16,18);1H;/q;;+1/p-2. The number of hydrogen-bond donors (Lipinski definition) is 1. The van der Waals surface area contributed by atoms with E-state index in [1.807, 2.05) is 28.9 Å². The molecule has 22 heavy (non-hydrogen) atoms. The normalized spacial score (nSPS) is 12.0. The maximum atomic E-state index is 11.9. The van der Waals surface area contributed by atoms with Gasteiger partial charge < -0.3 is 19.3 Å². The molecule has 2 aromatic rings. The van der Waals surface area contributed by atoms with Crippen molar-refractivity contribution in [1.29, 1.82) is 0 Å². The van der Waals surface area contributed by atoms with Gasteiger partial charge in [-0.15, -0.1) is 0 Å². The van der Waals surface area contributed by atoms with Crippen molar-refractivity contribution in [1.82, 2.24) is 9.55 Å². The van der Waals surface area contributed by atoms with Crippen LogP contribution in [-0.4, -0.2) is 28.4 Å². The van der Waals surface area contributed by atoms with Gasteiger partial charge in [0.1, 0.15) is 0 Å². The molecule has 0 aromatic carbocycles. The molecule has 8 heteroatoms. The molecular formula is C14H19BIN2O3Os-. The van der Waals surface area contributed by atoms with E-state index in [-0.39, 0.29) is 5.56 Å². The summed E-state index contributed by atoms with van der Waals surface area (Å²) >= 11 is 4.01. The number of pyridine rings is 1. The predicted octanol–water partition coefficient (Wildman–Crippen LogP) is 1.19. The van der Waals surface area contributed by atoms with Gasteiger partial charge in [-0.1, -0.05) is 11.6 Å². The molecule has 0 saturated carbocycles. The number of aromatic nitrogens is 2. The van der Waals surface area contributed by atoms with Crippen molar-refractivity contribution in [3.05, 3.63) is 28.8 Å². The Morgan fingerprint density at radius 2 is 1.95 bits per heavy atom. The zero-order valence-corrected chi connectivity index (χ0v) is 17.9. The first-order valence-corrected chi connectivity index (χ1v) is 13.8. The van der Waals surface area contributed by atoms with Gasteiger partial charge in [-0.05, 0) is 38.5 Å². The van der Waals surface area contributed by atoms with E-state index in [4.69, 9.17) is 4.65 Å². The summed E-state index contributed by atoms with van der Waals surface area (Å²) in [5, 5.41) is 10.8. The van der Waals surface area contributed by atoms with Crippen LogP contribution in [0.3, 0.4) is 0 Å². The monoisotopic (exact) mass is 593 g/mol. The third kappa shape index (κ3) is 4.22. The van der Waals surface area contributed by atoms with Gasteiger partial charge in [-0.2, -0.15) is 6.20 Å². The van der Waals surface area contributed by atoms with E-state index in [9.17, 15) is 9.90 Å². The minimum atomic E-state index is -0.993. The molecular weight excluding hydrogens is 572 g/mol. The van der Waals surface area contributed by atoms with Crippen molar-refractivity contribution in [2.75, 3.05) is 0 Å². The van der Waals surface area contributed by atoms with Gasteiger partial charge in [0, 0.05) is 13.2 Å². The molecule has 122 valence electrons. The number of aryl methyl sites for hydroxylation is 1. The van der Waals surface area contributed by atoms with Crippen molar-refractivity contribution in [2.24, 2.45) is 7.05 Å². The molecule has 2 rings (SSSR count). The Kier molecular flexibility index (Phi) is 6.88. The summed E-state index contributed by atoms with van der Waals surface area (Å²) in [5.41, 5.74) is -0.701. The van der Waals surface area contributed by atoms with Crippen LogP contribution in [0.4, 0.5) is 0 Å². The number of rotatable bonds is 4. The van der Waals surface area contributed by atoms with E-state index in [2.05, 4.69) is 24.7 Å². The molecule has 0 bridgehead atoms. The van der Waals surface area contributed by atoms with Gasteiger partial charge in [0.2, 0.25) is 5.56 Å². The SMILES string of the molecule is Cn1cc([B]OC(C)(C)C(C)(C)O)c2cc[n-]c2c1=O.[I][Os]. The van der Waals surface area contributed by atoms with Crippen LogP contribution >= 0.6 is 19.7 Å². The molecule has 5 nitrogen and oxygen atoms in total. The van der Waals surface area contributed by atoms with Crippen LogP contribution in [0.1, 0.15) is 27.7 Å². The summed E-state index contributed by atoms with van der Waals surface area (Å²) in [4.78, 5) is 16.0. The average Bonchev–Trinajstić information content (AvgIpc) is 2.92. The fraction of sp³-hybridized carbons (Fsp3) is 0.500. The third-order valence-electron chi connectivity index (χ3n) is 3.82. The Bertz CT molecular complexity index is 691. The molecule has 0 spiro atoms. The molecule has 0 unspecified atom stereocenters. The quantitative estimate of drug-likeness (QED) is 0.429. The predicted molar refractivity (Wildman–Crippen MR) is 93.4 cm³/mol. The summed E-state index contributed by atoms with van der Waals surface area (Å²) in [6.07, 6.45) is 3.30. The zero-order chi connectivity index (χ0) is 17.1. The molecule has 0 aliphatic carbocycles. The van der Waals surface area contributed by atoms with Crippen LogP contribution in [0.15, 0.2) is 23.3 Å².